The fraction of sp³-hybridized carbons (Fsp3) is 0.364. The fourth-order valence-corrected chi connectivity index (χ4v) is 3.90. The standard InChI is InChI=1S/C22H27N3O2/c1-24(2)21(27)16-7-9-18(10-8-16)22(11-13-25(3)14-12-22)19-6-4-5-17(15-19)20(23)26/h4-10,15H,11-14H2,1-3H3,(H2,23,26). The van der Waals surface area contributed by atoms with Gasteiger partial charge in [-0.25, -0.2) is 0 Å². The molecule has 2 N–H and O–H groups in total. The monoisotopic (exact) mass is 365 g/mol. The molecule has 2 aromatic carbocycles. The van der Waals surface area contributed by atoms with E-state index in [1.165, 1.54) is 5.56 Å². The number of primary amides is 1. The molecule has 0 spiro atoms. The third kappa shape index (κ3) is 3.74. The summed E-state index contributed by atoms with van der Waals surface area (Å²) in [5, 5.41) is 0. The molecule has 0 aromatic heterocycles. The van der Waals surface area contributed by atoms with Crippen LogP contribution in [-0.2, 0) is 5.41 Å². The number of hydrogen-bond acceptors (Lipinski definition) is 3. The van der Waals surface area contributed by atoms with Crippen molar-refractivity contribution < 1.29 is 9.59 Å². The molecule has 2 amide bonds. The predicted molar refractivity (Wildman–Crippen MR) is 107 cm³/mol. The average molecular weight is 365 g/mol. The summed E-state index contributed by atoms with van der Waals surface area (Å²) < 4.78 is 0. The predicted octanol–water partition coefficient (Wildman–Crippen LogP) is 2.50. The first-order chi connectivity index (χ1) is 12.8. The van der Waals surface area contributed by atoms with Crippen LogP contribution in [-0.4, -0.2) is 55.8 Å². The summed E-state index contributed by atoms with van der Waals surface area (Å²) in [6.07, 6.45) is 1.90. The second-order valence-electron chi connectivity index (χ2n) is 7.61. The Balaban J connectivity index is 2.05. The van der Waals surface area contributed by atoms with E-state index in [0.29, 0.717) is 11.1 Å². The van der Waals surface area contributed by atoms with Crippen LogP contribution in [0.4, 0.5) is 0 Å². The van der Waals surface area contributed by atoms with Crippen molar-refractivity contribution in [1.29, 1.82) is 0 Å². The van der Waals surface area contributed by atoms with Gasteiger partial charge in [-0.2, -0.15) is 0 Å². The maximum atomic E-state index is 12.2. The van der Waals surface area contributed by atoms with Gasteiger partial charge in [0, 0.05) is 30.6 Å². The highest BCUT2D eigenvalue weighted by atomic mass is 16.2. The van der Waals surface area contributed by atoms with Gasteiger partial charge < -0.3 is 15.5 Å². The molecule has 0 saturated carbocycles. The van der Waals surface area contributed by atoms with Crippen LogP contribution in [0.3, 0.4) is 0 Å². The Labute approximate surface area is 160 Å². The van der Waals surface area contributed by atoms with E-state index in [9.17, 15) is 9.59 Å². The SMILES string of the molecule is CN1CCC(c2ccc(C(=O)N(C)C)cc2)(c2cccc(C(N)=O)c2)CC1. The van der Waals surface area contributed by atoms with Gasteiger partial charge >= 0.3 is 0 Å². The zero-order chi connectivity index (χ0) is 19.6. The number of rotatable bonds is 4. The van der Waals surface area contributed by atoms with Crippen molar-refractivity contribution in [1.82, 2.24) is 9.80 Å². The minimum Gasteiger partial charge on any atom is -0.366 e. The summed E-state index contributed by atoms with van der Waals surface area (Å²) in [5.41, 5.74) is 8.82. The van der Waals surface area contributed by atoms with Gasteiger partial charge in [0.2, 0.25) is 5.91 Å². The number of carbonyl (C=O) groups excluding carboxylic acids is 2. The molecule has 1 heterocycles. The first-order valence-electron chi connectivity index (χ1n) is 9.24. The first-order valence-corrected chi connectivity index (χ1v) is 9.24. The Kier molecular flexibility index (Phi) is 5.33. The maximum absolute atomic E-state index is 12.2. The molecule has 0 unspecified atom stereocenters. The van der Waals surface area contributed by atoms with Crippen LogP contribution in [0, 0.1) is 0 Å². The molecule has 1 saturated heterocycles. The van der Waals surface area contributed by atoms with Gasteiger partial charge in [-0.1, -0.05) is 24.3 Å². The number of piperidine rings is 1. The summed E-state index contributed by atoms with van der Waals surface area (Å²) in [6, 6.07) is 15.6. The average Bonchev–Trinajstić information content (AvgIpc) is 2.68. The van der Waals surface area contributed by atoms with E-state index in [-0.39, 0.29) is 11.3 Å². The number of nitrogens with zero attached hydrogens (tertiary/aromatic N) is 2. The molecule has 27 heavy (non-hydrogen) atoms. The van der Waals surface area contributed by atoms with E-state index in [2.05, 4.69) is 30.1 Å². The molecule has 0 radical (unpaired) electrons. The van der Waals surface area contributed by atoms with E-state index in [1.807, 2.05) is 24.3 Å². The largest absolute Gasteiger partial charge is 0.366 e. The van der Waals surface area contributed by atoms with E-state index >= 15 is 0 Å². The van der Waals surface area contributed by atoms with Gasteiger partial charge in [0.05, 0.1) is 0 Å². The van der Waals surface area contributed by atoms with E-state index in [1.54, 1.807) is 25.1 Å². The molecule has 3 rings (SSSR count). The van der Waals surface area contributed by atoms with Gasteiger partial charge in [0.15, 0.2) is 0 Å². The summed E-state index contributed by atoms with van der Waals surface area (Å²) in [6.45, 7) is 1.94. The molecular weight excluding hydrogens is 338 g/mol. The lowest BCUT2D eigenvalue weighted by atomic mass is 9.67. The summed E-state index contributed by atoms with van der Waals surface area (Å²) in [4.78, 5) is 27.8. The number of likely N-dealkylation sites (tertiary alicyclic amines) is 1. The number of amides is 2. The van der Waals surface area contributed by atoms with Crippen molar-refractivity contribution >= 4 is 11.8 Å². The molecule has 1 fully saturated rings. The van der Waals surface area contributed by atoms with Gasteiger partial charge in [-0.05, 0) is 68.4 Å². The Morgan fingerprint density at radius 2 is 1.59 bits per heavy atom. The summed E-state index contributed by atoms with van der Waals surface area (Å²) in [5.74, 6) is -0.415. The quantitative estimate of drug-likeness (QED) is 0.905. The number of nitrogens with two attached hydrogens (primary N) is 1. The molecule has 2 aromatic rings. The molecule has 5 heteroatoms. The van der Waals surface area contributed by atoms with E-state index in [4.69, 9.17) is 5.73 Å². The van der Waals surface area contributed by atoms with E-state index in [0.717, 1.165) is 31.5 Å². The second kappa shape index (κ2) is 7.53. The normalized spacial score (nSPS) is 16.7. The second-order valence-corrected chi connectivity index (χ2v) is 7.61. The summed E-state index contributed by atoms with van der Waals surface area (Å²) >= 11 is 0. The molecule has 0 aliphatic carbocycles. The van der Waals surface area contributed by atoms with Crippen LogP contribution in [0.25, 0.3) is 0 Å². The lowest BCUT2D eigenvalue weighted by Crippen LogP contribution is -2.41. The Morgan fingerprint density at radius 3 is 2.15 bits per heavy atom. The zero-order valence-electron chi connectivity index (χ0n) is 16.2. The molecule has 142 valence electrons. The lowest BCUT2D eigenvalue weighted by Gasteiger charge is -2.42. The highest BCUT2D eigenvalue weighted by Gasteiger charge is 2.37. The van der Waals surface area contributed by atoms with Crippen LogP contribution in [0.2, 0.25) is 0 Å². The van der Waals surface area contributed by atoms with Crippen molar-refractivity contribution in [3.05, 3.63) is 70.8 Å². The van der Waals surface area contributed by atoms with Crippen LogP contribution in [0.5, 0.6) is 0 Å². The topological polar surface area (TPSA) is 66.6 Å². The van der Waals surface area contributed by atoms with Crippen LogP contribution in [0.1, 0.15) is 44.7 Å². The van der Waals surface area contributed by atoms with Gasteiger partial charge in [0.25, 0.3) is 5.91 Å². The van der Waals surface area contributed by atoms with Crippen LogP contribution in [0.15, 0.2) is 48.5 Å². The summed E-state index contributed by atoms with van der Waals surface area (Å²) in [7, 11) is 5.64. The highest BCUT2D eigenvalue weighted by molar-refractivity contribution is 5.94. The number of hydrogen-bond donors (Lipinski definition) is 1. The van der Waals surface area contributed by atoms with E-state index < -0.39 is 5.91 Å². The Bertz CT molecular complexity index is 835. The molecule has 5 nitrogen and oxygen atoms in total. The van der Waals surface area contributed by atoms with Gasteiger partial charge in [-0.3, -0.25) is 9.59 Å². The maximum Gasteiger partial charge on any atom is 0.253 e. The van der Waals surface area contributed by atoms with Crippen molar-refractivity contribution in [2.45, 2.75) is 18.3 Å². The van der Waals surface area contributed by atoms with Gasteiger partial charge in [0.1, 0.15) is 0 Å². The Morgan fingerprint density at radius 1 is 0.963 bits per heavy atom. The zero-order valence-corrected chi connectivity index (χ0v) is 16.2. The third-order valence-corrected chi connectivity index (χ3v) is 5.63. The fourth-order valence-electron chi connectivity index (χ4n) is 3.90. The molecule has 0 atom stereocenters. The smallest absolute Gasteiger partial charge is 0.253 e. The molecular formula is C22H27N3O2. The highest BCUT2D eigenvalue weighted by Crippen LogP contribution is 2.41. The minimum atomic E-state index is -0.410. The first kappa shape index (κ1) is 19.1. The number of carbonyl (C=O) groups is 2. The van der Waals surface area contributed by atoms with Crippen LogP contribution >= 0.6 is 0 Å². The van der Waals surface area contributed by atoms with Gasteiger partial charge in [-0.15, -0.1) is 0 Å². The van der Waals surface area contributed by atoms with Crippen molar-refractivity contribution in [2.24, 2.45) is 5.73 Å². The number of benzene rings is 2. The van der Waals surface area contributed by atoms with Crippen molar-refractivity contribution in [3.63, 3.8) is 0 Å². The Hall–Kier alpha value is -2.66. The molecule has 1 aliphatic rings. The molecule has 1 aliphatic heterocycles. The van der Waals surface area contributed by atoms with Crippen LogP contribution < -0.4 is 5.73 Å². The lowest BCUT2D eigenvalue weighted by molar-refractivity contribution is 0.0827. The minimum absolute atomic E-state index is 0.00490. The van der Waals surface area contributed by atoms with Crippen molar-refractivity contribution in [3.8, 4) is 0 Å². The van der Waals surface area contributed by atoms with Crippen molar-refractivity contribution in [2.75, 3.05) is 34.2 Å². The third-order valence-electron chi connectivity index (χ3n) is 5.63. The molecule has 0 bridgehead atoms.